The maximum atomic E-state index is 12.8. The van der Waals surface area contributed by atoms with Crippen molar-refractivity contribution in [3.63, 3.8) is 0 Å². The molecular weight excluding hydrogens is 416 g/mol. The smallest absolute Gasteiger partial charge is 0.244 e. The topological polar surface area (TPSA) is 85.7 Å². The van der Waals surface area contributed by atoms with Crippen molar-refractivity contribution in [2.45, 2.75) is 11.9 Å². The van der Waals surface area contributed by atoms with E-state index in [4.69, 9.17) is 9.47 Å². The number of nitrogens with one attached hydrogen (secondary N) is 1. The van der Waals surface area contributed by atoms with Crippen LogP contribution in [0.15, 0.2) is 53.6 Å². The largest absolute Gasteiger partial charge is 0.493 e. The minimum absolute atomic E-state index is 0.109. The lowest BCUT2D eigenvalue weighted by Crippen LogP contribution is -2.41. The summed E-state index contributed by atoms with van der Waals surface area (Å²) in [6.45, 7) is 1.73. The van der Waals surface area contributed by atoms with Gasteiger partial charge in [0.25, 0.3) is 0 Å². The number of fused-ring (bicyclic) bond motifs is 1. The number of carbonyl (C=O) groups excluding carboxylic acids is 2. The lowest BCUT2D eigenvalue weighted by Gasteiger charge is -2.27. The maximum absolute atomic E-state index is 12.8. The minimum atomic E-state index is -0.315. The molecule has 160 valence electrons. The zero-order chi connectivity index (χ0) is 22.0. The van der Waals surface area contributed by atoms with Crippen LogP contribution in [0.3, 0.4) is 0 Å². The maximum Gasteiger partial charge on any atom is 0.244 e. The molecule has 0 unspecified atom stereocenters. The highest BCUT2D eigenvalue weighted by Gasteiger charge is 2.32. The van der Waals surface area contributed by atoms with Crippen LogP contribution < -0.4 is 19.7 Å². The standard InChI is InChI=1S/C22H22N4O4S/c1-14-21-22(26(24-14)16-7-5-4-6-8-16)31-13-20(28)25(21)12-19(27)23-15-9-10-17(29-2)18(11-15)30-3/h4-11H,12-13H2,1-3H3,(H,23,27). The Morgan fingerprint density at radius 3 is 2.58 bits per heavy atom. The summed E-state index contributed by atoms with van der Waals surface area (Å²) in [7, 11) is 3.08. The molecule has 0 fully saturated rings. The van der Waals surface area contributed by atoms with Gasteiger partial charge in [-0.25, -0.2) is 4.68 Å². The van der Waals surface area contributed by atoms with Crippen molar-refractivity contribution < 1.29 is 19.1 Å². The summed E-state index contributed by atoms with van der Waals surface area (Å²) in [6, 6.07) is 14.8. The van der Waals surface area contributed by atoms with Gasteiger partial charge in [0, 0.05) is 11.8 Å². The number of nitrogens with zero attached hydrogens (tertiary/aromatic N) is 3. The third kappa shape index (κ3) is 4.09. The average Bonchev–Trinajstić information content (AvgIpc) is 3.12. The number of anilines is 2. The number of rotatable bonds is 6. The number of carbonyl (C=O) groups is 2. The quantitative estimate of drug-likeness (QED) is 0.636. The molecule has 0 saturated carbocycles. The van der Waals surface area contributed by atoms with E-state index in [1.165, 1.54) is 23.8 Å². The van der Waals surface area contributed by atoms with Crippen molar-refractivity contribution in [2.24, 2.45) is 0 Å². The molecule has 1 aromatic heterocycles. The Bertz CT molecular complexity index is 1130. The Hall–Kier alpha value is -3.46. The second kappa shape index (κ2) is 8.73. The SMILES string of the molecule is COc1ccc(NC(=O)CN2C(=O)CSc3c2c(C)nn3-c2ccccc2)cc1OC. The number of aromatic nitrogens is 2. The van der Waals surface area contributed by atoms with E-state index >= 15 is 0 Å². The van der Waals surface area contributed by atoms with Crippen LogP contribution in [0.25, 0.3) is 5.69 Å². The molecule has 2 aromatic carbocycles. The Morgan fingerprint density at radius 1 is 1.13 bits per heavy atom. The molecule has 0 spiro atoms. The summed E-state index contributed by atoms with van der Waals surface area (Å²) in [6.07, 6.45) is 0. The monoisotopic (exact) mass is 438 g/mol. The molecule has 9 heteroatoms. The normalized spacial score (nSPS) is 13.0. The lowest BCUT2D eigenvalue weighted by molar-refractivity contribution is -0.120. The van der Waals surface area contributed by atoms with Gasteiger partial charge in [-0.1, -0.05) is 30.0 Å². The van der Waals surface area contributed by atoms with Gasteiger partial charge < -0.3 is 14.8 Å². The van der Waals surface area contributed by atoms with Crippen LogP contribution in [0.4, 0.5) is 11.4 Å². The number of thioether (sulfide) groups is 1. The number of ether oxygens (including phenoxy) is 2. The molecule has 2 amide bonds. The van der Waals surface area contributed by atoms with Gasteiger partial charge >= 0.3 is 0 Å². The van der Waals surface area contributed by atoms with Crippen molar-refractivity contribution in [2.75, 3.05) is 36.7 Å². The molecule has 0 aliphatic carbocycles. The first-order valence-electron chi connectivity index (χ1n) is 9.62. The highest BCUT2D eigenvalue weighted by Crippen LogP contribution is 2.39. The van der Waals surface area contributed by atoms with Crippen LogP contribution >= 0.6 is 11.8 Å². The highest BCUT2D eigenvalue weighted by atomic mass is 32.2. The van der Waals surface area contributed by atoms with Gasteiger partial charge in [-0.15, -0.1) is 0 Å². The summed E-state index contributed by atoms with van der Waals surface area (Å²) < 4.78 is 12.3. The molecule has 1 N–H and O–H groups in total. The second-order valence-electron chi connectivity index (χ2n) is 6.87. The summed E-state index contributed by atoms with van der Waals surface area (Å²) in [5.41, 5.74) is 2.83. The number of para-hydroxylation sites is 1. The number of hydrogen-bond acceptors (Lipinski definition) is 6. The Kier molecular flexibility index (Phi) is 5.85. The van der Waals surface area contributed by atoms with E-state index in [1.807, 2.05) is 41.9 Å². The van der Waals surface area contributed by atoms with Crippen LogP contribution in [0, 0.1) is 6.92 Å². The summed E-state index contributed by atoms with van der Waals surface area (Å²) in [5.74, 6) is 0.875. The molecule has 2 heterocycles. The van der Waals surface area contributed by atoms with Crippen molar-refractivity contribution in [1.82, 2.24) is 9.78 Å². The van der Waals surface area contributed by atoms with E-state index < -0.39 is 0 Å². The van der Waals surface area contributed by atoms with E-state index in [9.17, 15) is 9.59 Å². The van der Waals surface area contributed by atoms with Gasteiger partial charge in [0.05, 0.1) is 37.0 Å². The first-order chi connectivity index (χ1) is 15.0. The number of hydrogen-bond donors (Lipinski definition) is 1. The van der Waals surface area contributed by atoms with E-state index in [-0.39, 0.29) is 24.1 Å². The average molecular weight is 439 g/mol. The van der Waals surface area contributed by atoms with Crippen LogP contribution in [0.1, 0.15) is 5.69 Å². The fraction of sp³-hybridized carbons (Fsp3) is 0.227. The molecule has 0 radical (unpaired) electrons. The van der Waals surface area contributed by atoms with E-state index in [1.54, 1.807) is 25.3 Å². The fourth-order valence-corrected chi connectivity index (χ4v) is 4.52. The van der Waals surface area contributed by atoms with Crippen molar-refractivity contribution in [1.29, 1.82) is 0 Å². The highest BCUT2D eigenvalue weighted by molar-refractivity contribution is 8.00. The summed E-state index contributed by atoms with van der Waals surface area (Å²) in [5, 5.41) is 8.29. The Morgan fingerprint density at radius 2 is 1.87 bits per heavy atom. The Labute approximate surface area is 184 Å². The predicted octanol–water partition coefficient (Wildman–Crippen LogP) is 3.28. The van der Waals surface area contributed by atoms with Crippen molar-refractivity contribution >= 4 is 35.0 Å². The van der Waals surface area contributed by atoms with Crippen LogP contribution in [-0.4, -0.2) is 48.1 Å². The number of benzene rings is 2. The molecule has 0 bridgehead atoms. The third-order valence-corrected chi connectivity index (χ3v) is 5.89. The van der Waals surface area contributed by atoms with Crippen LogP contribution in [0.5, 0.6) is 11.5 Å². The predicted molar refractivity (Wildman–Crippen MR) is 120 cm³/mol. The van der Waals surface area contributed by atoms with E-state index in [0.29, 0.717) is 28.6 Å². The molecule has 31 heavy (non-hydrogen) atoms. The summed E-state index contributed by atoms with van der Waals surface area (Å²) >= 11 is 1.43. The molecular formula is C22H22N4O4S. The molecule has 0 saturated heterocycles. The lowest BCUT2D eigenvalue weighted by atomic mass is 10.2. The fourth-order valence-electron chi connectivity index (χ4n) is 3.44. The number of methoxy groups -OCH3 is 2. The summed E-state index contributed by atoms with van der Waals surface area (Å²) in [4.78, 5) is 26.9. The number of aryl methyl sites for hydroxylation is 1. The van der Waals surface area contributed by atoms with Crippen molar-refractivity contribution in [3.05, 3.63) is 54.2 Å². The van der Waals surface area contributed by atoms with E-state index in [0.717, 1.165) is 10.7 Å². The van der Waals surface area contributed by atoms with Crippen molar-refractivity contribution in [3.8, 4) is 17.2 Å². The first kappa shape index (κ1) is 20.8. The number of amides is 2. The van der Waals surface area contributed by atoms with E-state index in [2.05, 4.69) is 10.4 Å². The first-order valence-corrected chi connectivity index (χ1v) is 10.6. The molecule has 4 rings (SSSR count). The van der Waals surface area contributed by atoms with Gasteiger partial charge in [0.1, 0.15) is 11.6 Å². The van der Waals surface area contributed by atoms with Crippen LogP contribution in [-0.2, 0) is 9.59 Å². The third-order valence-electron chi connectivity index (χ3n) is 4.86. The van der Waals surface area contributed by atoms with Crippen LogP contribution in [0.2, 0.25) is 0 Å². The van der Waals surface area contributed by atoms with Gasteiger partial charge in [-0.2, -0.15) is 5.10 Å². The van der Waals surface area contributed by atoms with Gasteiger partial charge in [0.15, 0.2) is 11.5 Å². The van der Waals surface area contributed by atoms with Gasteiger partial charge in [0.2, 0.25) is 11.8 Å². The minimum Gasteiger partial charge on any atom is -0.493 e. The molecule has 1 aliphatic heterocycles. The zero-order valence-electron chi connectivity index (χ0n) is 17.4. The second-order valence-corrected chi connectivity index (χ2v) is 7.84. The van der Waals surface area contributed by atoms with Gasteiger partial charge in [-0.05, 0) is 31.2 Å². The Balaban J connectivity index is 1.58. The van der Waals surface area contributed by atoms with Gasteiger partial charge in [-0.3, -0.25) is 14.5 Å². The molecule has 1 aliphatic rings. The zero-order valence-corrected chi connectivity index (χ0v) is 18.2. The molecule has 0 atom stereocenters. The molecule has 8 nitrogen and oxygen atoms in total. The molecule has 3 aromatic rings.